The molecular formula is C22H27N5O2. The van der Waals surface area contributed by atoms with Crippen molar-refractivity contribution >= 4 is 5.95 Å². The first-order chi connectivity index (χ1) is 14.2. The second-order valence-corrected chi connectivity index (χ2v) is 6.75. The van der Waals surface area contributed by atoms with Crippen LogP contribution in [0.1, 0.15) is 35.4 Å². The Kier molecular flexibility index (Phi) is 7.33. The van der Waals surface area contributed by atoms with Crippen molar-refractivity contribution in [2.45, 2.75) is 32.6 Å². The molecule has 0 spiro atoms. The Morgan fingerprint density at radius 1 is 0.966 bits per heavy atom. The number of methoxy groups -OCH3 is 2. The Morgan fingerprint density at radius 3 is 2.62 bits per heavy atom. The molecule has 0 aromatic carbocycles. The third-order valence-corrected chi connectivity index (χ3v) is 4.58. The van der Waals surface area contributed by atoms with Crippen molar-refractivity contribution in [3.05, 3.63) is 65.4 Å². The number of rotatable bonds is 10. The summed E-state index contributed by atoms with van der Waals surface area (Å²) in [7, 11) is 3.30. The third-order valence-electron chi connectivity index (χ3n) is 4.58. The summed E-state index contributed by atoms with van der Waals surface area (Å²) in [4.78, 5) is 17.6. The number of ether oxygens (including phenoxy) is 2. The van der Waals surface area contributed by atoms with E-state index >= 15 is 0 Å². The van der Waals surface area contributed by atoms with Gasteiger partial charge in [0.05, 0.1) is 19.9 Å². The zero-order valence-corrected chi connectivity index (χ0v) is 17.2. The van der Waals surface area contributed by atoms with E-state index < -0.39 is 0 Å². The van der Waals surface area contributed by atoms with Crippen LogP contribution in [0, 0.1) is 6.92 Å². The van der Waals surface area contributed by atoms with Crippen molar-refractivity contribution in [3.8, 4) is 11.6 Å². The fourth-order valence-electron chi connectivity index (χ4n) is 3.01. The van der Waals surface area contributed by atoms with E-state index in [0.29, 0.717) is 18.2 Å². The van der Waals surface area contributed by atoms with Gasteiger partial charge in [-0.3, -0.25) is 9.97 Å². The second kappa shape index (κ2) is 10.4. The predicted octanol–water partition coefficient (Wildman–Crippen LogP) is 3.62. The molecule has 0 radical (unpaired) electrons. The molecule has 0 aliphatic rings. The molecule has 7 heteroatoms. The molecule has 1 N–H and O–H groups in total. The summed E-state index contributed by atoms with van der Waals surface area (Å²) in [5.74, 6) is 2.00. The van der Waals surface area contributed by atoms with Gasteiger partial charge in [-0.15, -0.1) is 0 Å². The fraction of sp³-hybridized carbons (Fsp3) is 0.364. The second-order valence-electron chi connectivity index (χ2n) is 6.75. The van der Waals surface area contributed by atoms with E-state index in [2.05, 4.69) is 31.3 Å². The highest BCUT2D eigenvalue weighted by Crippen LogP contribution is 2.20. The summed E-state index contributed by atoms with van der Waals surface area (Å²) in [6.07, 6.45) is 9.01. The highest BCUT2D eigenvalue weighted by Gasteiger charge is 2.09. The van der Waals surface area contributed by atoms with Crippen molar-refractivity contribution in [1.29, 1.82) is 0 Å². The van der Waals surface area contributed by atoms with Gasteiger partial charge in [-0.05, 0) is 49.9 Å². The molecule has 0 bridgehead atoms. The Bertz CT molecular complexity index is 915. The molecule has 3 rings (SSSR count). The van der Waals surface area contributed by atoms with Gasteiger partial charge in [0.25, 0.3) is 0 Å². The fourth-order valence-corrected chi connectivity index (χ4v) is 3.01. The highest BCUT2D eigenvalue weighted by molar-refractivity contribution is 5.36. The first-order valence-corrected chi connectivity index (χ1v) is 9.72. The maximum absolute atomic E-state index is 5.46. The molecule has 0 aliphatic carbocycles. The Hall–Kier alpha value is -3.22. The van der Waals surface area contributed by atoms with Gasteiger partial charge in [0, 0.05) is 42.8 Å². The zero-order chi connectivity index (χ0) is 20.5. The lowest BCUT2D eigenvalue weighted by Gasteiger charge is -2.10. The minimum Gasteiger partial charge on any atom is -0.495 e. The molecule has 29 heavy (non-hydrogen) atoms. The van der Waals surface area contributed by atoms with E-state index in [1.807, 2.05) is 37.5 Å². The summed E-state index contributed by atoms with van der Waals surface area (Å²) >= 11 is 0. The van der Waals surface area contributed by atoms with E-state index in [1.54, 1.807) is 20.4 Å². The number of unbranched alkanes of at least 4 members (excludes halogenated alkanes) is 1. The lowest BCUT2D eigenvalue weighted by atomic mass is 10.1. The monoisotopic (exact) mass is 393 g/mol. The van der Waals surface area contributed by atoms with Gasteiger partial charge in [-0.2, -0.15) is 4.98 Å². The summed E-state index contributed by atoms with van der Waals surface area (Å²) in [6, 6.07) is 7.88. The van der Waals surface area contributed by atoms with Gasteiger partial charge in [0.2, 0.25) is 11.8 Å². The van der Waals surface area contributed by atoms with Gasteiger partial charge in [0.1, 0.15) is 5.75 Å². The van der Waals surface area contributed by atoms with Gasteiger partial charge in [-0.1, -0.05) is 6.07 Å². The Labute approximate surface area is 171 Å². The lowest BCUT2D eigenvalue weighted by Crippen LogP contribution is -2.08. The number of aryl methyl sites for hydroxylation is 2. The van der Waals surface area contributed by atoms with Gasteiger partial charge in [0.15, 0.2) is 0 Å². The van der Waals surface area contributed by atoms with E-state index in [0.717, 1.165) is 54.1 Å². The number of aromatic nitrogens is 4. The Morgan fingerprint density at radius 2 is 1.86 bits per heavy atom. The van der Waals surface area contributed by atoms with Crippen LogP contribution in [0.5, 0.6) is 11.6 Å². The van der Waals surface area contributed by atoms with Crippen molar-refractivity contribution in [2.75, 3.05) is 26.1 Å². The molecule has 7 nitrogen and oxygen atoms in total. The third kappa shape index (κ3) is 5.88. The largest absolute Gasteiger partial charge is 0.495 e. The summed E-state index contributed by atoms with van der Waals surface area (Å²) in [5.41, 5.74) is 4.02. The quantitative estimate of drug-likeness (QED) is 0.527. The summed E-state index contributed by atoms with van der Waals surface area (Å²) in [5, 5.41) is 3.27. The molecule has 0 atom stereocenters. The summed E-state index contributed by atoms with van der Waals surface area (Å²) < 4.78 is 10.8. The number of pyridine rings is 2. The molecule has 3 aromatic heterocycles. The smallest absolute Gasteiger partial charge is 0.225 e. The molecular weight excluding hydrogens is 366 g/mol. The number of hydrogen-bond acceptors (Lipinski definition) is 7. The molecule has 0 fully saturated rings. The van der Waals surface area contributed by atoms with Crippen LogP contribution in [-0.2, 0) is 12.8 Å². The van der Waals surface area contributed by atoms with E-state index in [9.17, 15) is 0 Å². The first-order valence-electron chi connectivity index (χ1n) is 9.72. The maximum Gasteiger partial charge on any atom is 0.225 e. The lowest BCUT2D eigenvalue weighted by molar-refractivity contribution is 0.393. The molecule has 0 saturated carbocycles. The standard InChI is InChI=1S/C22H27N5O2/c1-16-9-10-17(14-25-16)13-18-15-26-22(27-21(18)29-3)24-11-5-4-7-19-20(28-2)8-6-12-23-19/h6,8-10,12,14-15H,4-5,7,11,13H2,1-3H3,(H,24,26,27). The van der Waals surface area contributed by atoms with Crippen molar-refractivity contribution in [2.24, 2.45) is 0 Å². The van der Waals surface area contributed by atoms with Crippen LogP contribution < -0.4 is 14.8 Å². The van der Waals surface area contributed by atoms with Gasteiger partial charge < -0.3 is 14.8 Å². The predicted molar refractivity (Wildman–Crippen MR) is 113 cm³/mol. The number of nitrogens with zero attached hydrogens (tertiary/aromatic N) is 4. The number of anilines is 1. The van der Waals surface area contributed by atoms with Crippen LogP contribution in [0.2, 0.25) is 0 Å². The van der Waals surface area contributed by atoms with Crippen molar-refractivity contribution < 1.29 is 9.47 Å². The minimum atomic E-state index is 0.572. The van der Waals surface area contributed by atoms with Crippen LogP contribution in [-0.4, -0.2) is 40.7 Å². The van der Waals surface area contributed by atoms with Crippen LogP contribution in [0.3, 0.4) is 0 Å². The molecule has 3 heterocycles. The van der Waals surface area contributed by atoms with Crippen LogP contribution in [0.4, 0.5) is 5.95 Å². The van der Waals surface area contributed by atoms with Crippen LogP contribution >= 0.6 is 0 Å². The molecule has 152 valence electrons. The molecule has 3 aromatic rings. The molecule has 0 aliphatic heterocycles. The summed E-state index contributed by atoms with van der Waals surface area (Å²) in [6.45, 7) is 2.75. The SMILES string of the molecule is COc1cccnc1CCCCNc1ncc(Cc2ccc(C)nc2)c(OC)n1. The number of hydrogen-bond donors (Lipinski definition) is 1. The Balaban J connectivity index is 1.50. The minimum absolute atomic E-state index is 0.572. The average molecular weight is 393 g/mol. The molecule has 0 amide bonds. The van der Waals surface area contributed by atoms with Crippen LogP contribution in [0.15, 0.2) is 42.9 Å². The molecule has 0 saturated heterocycles. The van der Waals surface area contributed by atoms with Gasteiger partial charge >= 0.3 is 0 Å². The van der Waals surface area contributed by atoms with Crippen LogP contribution in [0.25, 0.3) is 0 Å². The number of nitrogens with one attached hydrogen (secondary N) is 1. The van der Waals surface area contributed by atoms with Crippen molar-refractivity contribution in [3.63, 3.8) is 0 Å². The first kappa shape index (κ1) is 20.5. The molecule has 0 unspecified atom stereocenters. The topological polar surface area (TPSA) is 82.0 Å². The maximum atomic E-state index is 5.46. The van der Waals surface area contributed by atoms with E-state index in [1.165, 1.54) is 0 Å². The zero-order valence-electron chi connectivity index (χ0n) is 17.2. The normalized spacial score (nSPS) is 10.6. The van der Waals surface area contributed by atoms with Crippen molar-refractivity contribution in [1.82, 2.24) is 19.9 Å². The van der Waals surface area contributed by atoms with Gasteiger partial charge in [-0.25, -0.2) is 4.98 Å². The average Bonchev–Trinajstić information content (AvgIpc) is 2.76. The van der Waals surface area contributed by atoms with E-state index in [4.69, 9.17) is 9.47 Å². The van der Waals surface area contributed by atoms with E-state index in [-0.39, 0.29) is 0 Å². The highest BCUT2D eigenvalue weighted by atomic mass is 16.5.